The van der Waals surface area contributed by atoms with E-state index in [1.807, 2.05) is 0 Å². The number of hydrogen-bond donors (Lipinski definition) is 2. The quantitative estimate of drug-likeness (QED) is 0.858. The SMILES string of the molecule is Cc1nc(N)sc1S(=O)(=O)Nc1ccc(S(C)(=O)=O)cc1. The molecule has 3 N–H and O–H groups in total. The number of anilines is 2. The molecule has 2 aromatic rings. The highest BCUT2D eigenvalue weighted by molar-refractivity contribution is 7.94. The molecule has 0 saturated carbocycles. The van der Waals surface area contributed by atoms with Crippen molar-refractivity contribution in [3.63, 3.8) is 0 Å². The Labute approximate surface area is 126 Å². The van der Waals surface area contributed by atoms with Gasteiger partial charge in [0.05, 0.1) is 10.6 Å². The average Bonchev–Trinajstić information content (AvgIpc) is 2.68. The van der Waals surface area contributed by atoms with Gasteiger partial charge in [-0.1, -0.05) is 11.3 Å². The first kappa shape index (κ1) is 15.7. The van der Waals surface area contributed by atoms with Gasteiger partial charge >= 0.3 is 0 Å². The van der Waals surface area contributed by atoms with Crippen molar-refractivity contribution in [2.24, 2.45) is 0 Å². The van der Waals surface area contributed by atoms with Crippen LogP contribution in [0.3, 0.4) is 0 Å². The predicted molar refractivity (Wildman–Crippen MR) is 81.6 cm³/mol. The zero-order chi connectivity index (χ0) is 15.8. The molecule has 21 heavy (non-hydrogen) atoms. The second-order valence-corrected chi connectivity index (χ2v) is 9.25. The van der Waals surface area contributed by atoms with Gasteiger partial charge < -0.3 is 5.73 Å². The third-order valence-electron chi connectivity index (χ3n) is 2.55. The highest BCUT2D eigenvalue weighted by Gasteiger charge is 2.21. The van der Waals surface area contributed by atoms with Gasteiger partial charge in [0.15, 0.2) is 19.2 Å². The van der Waals surface area contributed by atoms with E-state index in [4.69, 9.17) is 5.73 Å². The molecular formula is C11H13N3O4S3. The summed E-state index contributed by atoms with van der Waals surface area (Å²) < 4.78 is 49.5. The van der Waals surface area contributed by atoms with Gasteiger partial charge in [-0.25, -0.2) is 21.8 Å². The molecule has 0 unspecified atom stereocenters. The van der Waals surface area contributed by atoms with Crippen molar-refractivity contribution in [2.75, 3.05) is 16.7 Å². The molecule has 0 amide bonds. The summed E-state index contributed by atoms with van der Waals surface area (Å²) in [6, 6.07) is 5.43. The molecule has 2 rings (SSSR count). The van der Waals surface area contributed by atoms with Crippen LogP contribution in [-0.2, 0) is 19.9 Å². The number of aromatic nitrogens is 1. The second kappa shape index (κ2) is 5.28. The van der Waals surface area contributed by atoms with Crippen LogP contribution < -0.4 is 10.5 Å². The normalized spacial score (nSPS) is 12.3. The first-order chi connectivity index (χ1) is 9.59. The predicted octanol–water partition coefficient (Wildman–Crippen LogP) is 1.24. The standard InChI is InChI=1S/C11H13N3O4S3/c1-7-10(19-11(12)13-7)21(17,18)14-8-3-5-9(6-4-8)20(2,15)16/h3-6,14H,1-2H3,(H2,12,13). The lowest BCUT2D eigenvalue weighted by Gasteiger charge is -2.07. The summed E-state index contributed by atoms with van der Waals surface area (Å²) in [7, 11) is -7.12. The van der Waals surface area contributed by atoms with Crippen LogP contribution in [0.5, 0.6) is 0 Å². The van der Waals surface area contributed by atoms with Crippen LogP contribution in [0, 0.1) is 6.92 Å². The number of nitrogens with zero attached hydrogens (tertiary/aromatic N) is 1. The molecule has 0 radical (unpaired) electrons. The van der Waals surface area contributed by atoms with Crippen molar-refractivity contribution in [1.29, 1.82) is 0 Å². The Hall–Kier alpha value is -1.65. The van der Waals surface area contributed by atoms with Gasteiger partial charge in [-0.05, 0) is 31.2 Å². The maximum atomic E-state index is 12.2. The molecule has 114 valence electrons. The number of hydrogen-bond acceptors (Lipinski definition) is 7. The summed E-state index contributed by atoms with van der Waals surface area (Å²) in [6.07, 6.45) is 1.08. The second-order valence-electron chi connectivity index (χ2n) is 4.33. The Bertz CT molecular complexity index is 868. The highest BCUT2D eigenvalue weighted by Crippen LogP contribution is 2.27. The van der Waals surface area contributed by atoms with Crippen molar-refractivity contribution < 1.29 is 16.8 Å². The monoisotopic (exact) mass is 347 g/mol. The van der Waals surface area contributed by atoms with Gasteiger partial charge in [0.1, 0.15) is 0 Å². The van der Waals surface area contributed by atoms with E-state index in [2.05, 4.69) is 9.71 Å². The van der Waals surface area contributed by atoms with E-state index in [0.29, 0.717) is 5.69 Å². The Morgan fingerprint density at radius 1 is 1.14 bits per heavy atom. The summed E-state index contributed by atoms with van der Waals surface area (Å²) in [5.41, 5.74) is 6.06. The molecule has 1 heterocycles. The molecular weight excluding hydrogens is 334 g/mol. The molecule has 0 atom stereocenters. The maximum Gasteiger partial charge on any atom is 0.273 e. The van der Waals surface area contributed by atoms with Crippen LogP contribution in [0.2, 0.25) is 0 Å². The molecule has 0 fully saturated rings. The van der Waals surface area contributed by atoms with Crippen LogP contribution >= 0.6 is 11.3 Å². The summed E-state index contributed by atoms with van der Waals surface area (Å²) in [4.78, 5) is 3.98. The molecule has 1 aromatic heterocycles. The zero-order valence-electron chi connectivity index (χ0n) is 11.2. The highest BCUT2D eigenvalue weighted by atomic mass is 32.2. The van der Waals surface area contributed by atoms with Crippen LogP contribution in [0.1, 0.15) is 5.69 Å². The number of sulfone groups is 1. The molecule has 0 bridgehead atoms. The largest absolute Gasteiger partial charge is 0.375 e. The summed E-state index contributed by atoms with van der Waals surface area (Å²) in [5.74, 6) is 0. The molecule has 0 aliphatic heterocycles. The molecule has 10 heteroatoms. The van der Waals surface area contributed by atoms with Gasteiger partial charge in [-0.15, -0.1) is 0 Å². The number of nitrogens with two attached hydrogens (primary N) is 1. The van der Waals surface area contributed by atoms with Crippen molar-refractivity contribution in [3.05, 3.63) is 30.0 Å². The minimum Gasteiger partial charge on any atom is -0.375 e. The molecule has 0 saturated heterocycles. The Morgan fingerprint density at radius 3 is 2.14 bits per heavy atom. The third-order valence-corrected chi connectivity index (χ3v) is 6.66. The van der Waals surface area contributed by atoms with Gasteiger partial charge in [-0.3, -0.25) is 4.72 Å². The topological polar surface area (TPSA) is 119 Å². The van der Waals surface area contributed by atoms with Gasteiger partial charge in [0.25, 0.3) is 10.0 Å². The van der Waals surface area contributed by atoms with Gasteiger partial charge in [0.2, 0.25) is 0 Å². The average molecular weight is 347 g/mol. The van der Waals surface area contributed by atoms with Gasteiger partial charge in [-0.2, -0.15) is 0 Å². The number of thiazole rings is 1. The third kappa shape index (κ3) is 3.52. The molecule has 0 aliphatic rings. The van der Waals surface area contributed by atoms with E-state index < -0.39 is 19.9 Å². The fraction of sp³-hybridized carbons (Fsp3) is 0.182. The minimum atomic E-state index is -3.79. The first-order valence-corrected chi connectivity index (χ1v) is 9.84. The first-order valence-electron chi connectivity index (χ1n) is 5.65. The van der Waals surface area contributed by atoms with Crippen molar-refractivity contribution in [2.45, 2.75) is 16.0 Å². The molecule has 0 spiro atoms. The Kier molecular flexibility index (Phi) is 3.95. The zero-order valence-corrected chi connectivity index (χ0v) is 13.6. The lowest BCUT2D eigenvalue weighted by molar-refractivity contribution is 0.601. The van der Waals surface area contributed by atoms with Crippen LogP contribution in [0.15, 0.2) is 33.4 Å². The van der Waals surface area contributed by atoms with Crippen LogP contribution in [-0.4, -0.2) is 28.1 Å². The summed E-state index contributed by atoms with van der Waals surface area (Å²) in [5, 5.41) is 0.167. The Balaban J connectivity index is 2.31. The van der Waals surface area contributed by atoms with Gasteiger partial charge in [0, 0.05) is 11.9 Å². The number of rotatable bonds is 4. The number of aryl methyl sites for hydroxylation is 1. The van der Waals surface area contributed by atoms with E-state index in [1.165, 1.54) is 24.3 Å². The van der Waals surface area contributed by atoms with Crippen LogP contribution in [0.25, 0.3) is 0 Å². The van der Waals surface area contributed by atoms with E-state index in [1.54, 1.807) is 6.92 Å². The number of sulfonamides is 1. The number of nitrogen functional groups attached to an aromatic ring is 1. The van der Waals surface area contributed by atoms with E-state index in [9.17, 15) is 16.8 Å². The fourth-order valence-corrected chi connectivity index (χ4v) is 4.61. The summed E-state index contributed by atoms with van der Waals surface area (Å²) >= 11 is 0.868. The number of nitrogens with one attached hydrogen (secondary N) is 1. The molecule has 1 aromatic carbocycles. The molecule has 7 nitrogen and oxygen atoms in total. The molecule has 0 aliphatic carbocycles. The van der Waals surface area contributed by atoms with Crippen molar-refractivity contribution in [1.82, 2.24) is 4.98 Å². The van der Waals surface area contributed by atoms with E-state index in [0.717, 1.165) is 17.6 Å². The minimum absolute atomic E-state index is 0.0344. The number of benzene rings is 1. The smallest absolute Gasteiger partial charge is 0.273 e. The van der Waals surface area contributed by atoms with E-state index in [-0.39, 0.29) is 19.9 Å². The maximum absolute atomic E-state index is 12.2. The van der Waals surface area contributed by atoms with E-state index >= 15 is 0 Å². The fourth-order valence-electron chi connectivity index (χ4n) is 1.62. The van der Waals surface area contributed by atoms with Crippen molar-refractivity contribution >= 4 is 42.0 Å². The Morgan fingerprint density at radius 2 is 1.71 bits per heavy atom. The van der Waals surface area contributed by atoms with Crippen molar-refractivity contribution in [3.8, 4) is 0 Å². The lowest BCUT2D eigenvalue weighted by atomic mass is 10.3. The lowest BCUT2D eigenvalue weighted by Crippen LogP contribution is -2.12. The van der Waals surface area contributed by atoms with Crippen LogP contribution in [0.4, 0.5) is 10.8 Å². The summed E-state index contributed by atoms with van der Waals surface area (Å²) in [6.45, 7) is 1.55.